The van der Waals surface area contributed by atoms with Gasteiger partial charge < -0.3 is 10.2 Å². The zero-order chi connectivity index (χ0) is 23.0. The molecule has 176 valence electrons. The monoisotopic (exact) mass is 447 g/mol. The molecule has 2 fully saturated rings. The van der Waals surface area contributed by atoms with Crippen LogP contribution >= 0.6 is 0 Å². The highest BCUT2D eigenvalue weighted by molar-refractivity contribution is 5.82. The van der Waals surface area contributed by atoms with Gasteiger partial charge >= 0.3 is 0 Å². The van der Waals surface area contributed by atoms with Gasteiger partial charge in [-0.1, -0.05) is 73.5 Å². The lowest BCUT2D eigenvalue weighted by atomic mass is 9.94. The molecule has 1 heterocycles. The van der Waals surface area contributed by atoms with Crippen molar-refractivity contribution < 1.29 is 9.59 Å². The molecule has 0 radical (unpaired) electrons. The summed E-state index contributed by atoms with van der Waals surface area (Å²) in [5.41, 5.74) is 2.33. The van der Waals surface area contributed by atoms with Gasteiger partial charge in [0.25, 0.3) is 0 Å². The maximum absolute atomic E-state index is 13.5. The van der Waals surface area contributed by atoms with Gasteiger partial charge in [0.1, 0.15) is 0 Å². The second kappa shape index (κ2) is 11.5. The molecule has 0 bridgehead atoms. The molecule has 2 aromatic carbocycles. The van der Waals surface area contributed by atoms with Gasteiger partial charge in [-0.05, 0) is 43.2 Å². The number of hydrogen-bond donors (Lipinski definition) is 1. The third-order valence-electron chi connectivity index (χ3n) is 7.30. The van der Waals surface area contributed by atoms with Crippen molar-refractivity contribution in [2.75, 3.05) is 26.2 Å². The van der Waals surface area contributed by atoms with Crippen LogP contribution in [0.1, 0.15) is 56.2 Å². The van der Waals surface area contributed by atoms with E-state index in [0.717, 1.165) is 37.9 Å². The molecule has 1 saturated heterocycles. The van der Waals surface area contributed by atoms with E-state index in [2.05, 4.69) is 41.4 Å². The third-order valence-corrected chi connectivity index (χ3v) is 7.30. The maximum atomic E-state index is 13.5. The summed E-state index contributed by atoms with van der Waals surface area (Å²) >= 11 is 0. The zero-order valence-electron chi connectivity index (χ0n) is 19.8. The van der Waals surface area contributed by atoms with E-state index in [0.29, 0.717) is 25.4 Å². The molecule has 0 aromatic heterocycles. The van der Waals surface area contributed by atoms with E-state index >= 15 is 0 Å². The SMILES string of the molecule is CC(NC(=O)C(C1CCCC1)N1CCN(C(=O)CCc2ccccc2)CC1)c1ccccc1. The molecule has 2 aliphatic rings. The number of hydrogen-bond acceptors (Lipinski definition) is 3. The molecule has 1 aliphatic heterocycles. The Morgan fingerprint density at radius 1 is 0.909 bits per heavy atom. The highest BCUT2D eigenvalue weighted by atomic mass is 16.2. The summed E-state index contributed by atoms with van der Waals surface area (Å²) in [5, 5.41) is 3.28. The number of rotatable bonds is 8. The number of piperazine rings is 1. The van der Waals surface area contributed by atoms with Gasteiger partial charge in [-0.2, -0.15) is 0 Å². The Labute approximate surface area is 198 Å². The van der Waals surface area contributed by atoms with Crippen molar-refractivity contribution in [3.63, 3.8) is 0 Å². The molecule has 2 unspecified atom stereocenters. The fraction of sp³-hybridized carbons (Fsp3) is 0.500. The highest BCUT2D eigenvalue weighted by Gasteiger charge is 2.37. The zero-order valence-corrected chi connectivity index (χ0v) is 19.8. The van der Waals surface area contributed by atoms with Crippen molar-refractivity contribution in [3.8, 4) is 0 Å². The van der Waals surface area contributed by atoms with Crippen molar-refractivity contribution in [1.29, 1.82) is 0 Å². The number of carbonyl (C=O) groups excluding carboxylic acids is 2. The molecular formula is C28H37N3O2. The van der Waals surface area contributed by atoms with Gasteiger partial charge in [0.15, 0.2) is 0 Å². The average molecular weight is 448 g/mol. The van der Waals surface area contributed by atoms with E-state index in [1.165, 1.54) is 18.4 Å². The van der Waals surface area contributed by atoms with Crippen LogP contribution in [-0.2, 0) is 16.0 Å². The minimum atomic E-state index is -0.0970. The molecular weight excluding hydrogens is 410 g/mol. The lowest BCUT2D eigenvalue weighted by Gasteiger charge is -2.41. The van der Waals surface area contributed by atoms with E-state index in [-0.39, 0.29) is 23.9 Å². The summed E-state index contributed by atoms with van der Waals surface area (Å²) in [5.74, 6) is 0.772. The van der Waals surface area contributed by atoms with Crippen LogP contribution in [0, 0.1) is 5.92 Å². The van der Waals surface area contributed by atoms with Gasteiger partial charge in [-0.15, -0.1) is 0 Å². The summed E-state index contributed by atoms with van der Waals surface area (Å²) in [6.07, 6.45) is 5.98. The van der Waals surface area contributed by atoms with Gasteiger partial charge in [-0.25, -0.2) is 0 Å². The standard InChI is InChI=1S/C28H37N3O2/c1-22(24-12-6-3-7-13-24)29-28(33)27(25-14-8-9-15-25)31-20-18-30(19-21-31)26(32)17-16-23-10-4-2-5-11-23/h2-7,10-13,22,25,27H,8-9,14-21H2,1H3,(H,29,33). The predicted molar refractivity (Wildman–Crippen MR) is 132 cm³/mol. The van der Waals surface area contributed by atoms with Crippen molar-refractivity contribution >= 4 is 11.8 Å². The quantitative estimate of drug-likeness (QED) is 0.660. The smallest absolute Gasteiger partial charge is 0.238 e. The molecule has 1 aliphatic carbocycles. The predicted octanol–water partition coefficient (Wildman–Crippen LogP) is 4.20. The molecule has 0 spiro atoms. The van der Waals surface area contributed by atoms with Crippen LogP contribution in [0.25, 0.3) is 0 Å². The molecule has 2 amide bonds. The molecule has 5 nitrogen and oxygen atoms in total. The van der Waals surface area contributed by atoms with Crippen molar-refractivity contribution in [2.24, 2.45) is 5.92 Å². The van der Waals surface area contributed by atoms with E-state index in [9.17, 15) is 9.59 Å². The van der Waals surface area contributed by atoms with E-state index < -0.39 is 0 Å². The van der Waals surface area contributed by atoms with Crippen LogP contribution in [0.5, 0.6) is 0 Å². The van der Waals surface area contributed by atoms with Crippen molar-refractivity contribution in [1.82, 2.24) is 15.1 Å². The number of nitrogens with one attached hydrogen (secondary N) is 1. The van der Waals surface area contributed by atoms with Crippen LogP contribution in [-0.4, -0.2) is 53.8 Å². The summed E-state index contributed by atoms with van der Waals surface area (Å²) < 4.78 is 0. The first-order valence-corrected chi connectivity index (χ1v) is 12.5. The van der Waals surface area contributed by atoms with Crippen LogP contribution in [0.2, 0.25) is 0 Å². The Balaban J connectivity index is 1.33. The highest BCUT2D eigenvalue weighted by Crippen LogP contribution is 2.31. The number of nitrogens with zero attached hydrogens (tertiary/aromatic N) is 2. The van der Waals surface area contributed by atoms with Gasteiger partial charge in [0.2, 0.25) is 11.8 Å². The number of amides is 2. The second-order valence-corrected chi connectivity index (χ2v) is 9.53. The van der Waals surface area contributed by atoms with E-state index in [1.54, 1.807) is 0 Å². The van der Waals surface area contributed by atoms with Crippen molar-refractivity contribution in [2.45, 2.75) is 57.5 Å². The Hall–Kier alpha value is -2.66. The molecule has 5 heteroatoms. The van der Waals surface area contributed by atoms with Crippen LogP contribution in [0.4, 0.5) is 0 Å². The fourth-order valence-electron chi connectivity index (χ4n) is 5.38. The van der Waals surface area contributed by atoms with Crippen LogP contribution in [0.15, 0.2) is 60.7 Å². The average Bonchev–Trinajstić information content (AvgIpc) is 3.38. The van der Waals surface area contributed by atoms with Crippen molar-refractivity contribution in [3.05, 3.63) is 71.8 Å². The number of benzene rings is 2. The summed E-state index contributed by atoms with van der Waals surface area (Å²) in [7, 11) is 0. The maximum Gasteiger partial charge on any atom is 0.238 e. The Morgan fingerprint density at radius 2 is 1.52 bits per heavy atom. The Bertz CT molecular complexity index is 888. The first-order chi connectivity index (χ1) is 16.1. The molecule has 4 rings (SSSR count). The van der Waals surface area contributed by atoms with Gasteiger partial charge in [0, 0.05) is 32.6 Å². The third kappa shape index (κ3) is 6.23. The Morgan fingerprint density at radius 3 is 2.15 bits per heavy atom. The number of aryl methyl sites for hydroxylation is 1. The van der Waals surface area contributed by atoms with Gasteiger partial charge in [-0.3, -0.25) is 14.5 Å². The summed E-state index contributed by atoms with van der Waals surface area (Å²) in [6.45, 7) is 5.01. The fourth-order valence-corrected chi connectivity index (χ4v) is 5.38. The molecule has 2 aromatic rings. The molecule has 1 saturated carbocycles. The second-order valence-electron chi connectivity index (χ2n) is 9.53. The lowest BCUT2D eigenvalue weighted by Crippen LogP contribution is -2.58. The first-order valence-electron chi connectivity index (χ1n) is 12.5. The lowest BCUT2D eigenvalue weighted by molar-refractivity contribution is -0.135. The van der Waals surface area contributed by atoms with E-state index in [4.69, 9.17) is 0 Å². The summed E-state index contributed by atoms with van der Waals surface area (Å²) in [4.78, 5) is 30.5. The normalized spacial score (nSPS) is 19.2. The van der Waals surface area contributed by atoms with E-state index in [1.807, 2.05) is 41.3 Å². The molecule has 2 atom stereocenters. The minimum absolute atomic E-state index is 0.0107. The first kappa shape index (κ1) is 23.5. The van der Waals surface area contributed by atoms with Crippen LogP contribution in [0.3, 0.4) is 0 Å². The van der Waals surface area contributed by atoms with Gasteiger partial charge in [0.05, 0.1) is 12.1 Å². The van der Waals surface area contributed by atoms with Crippen LogP contribution < -0.4 is 5.32 Å². The minimum Gasteiger partial charge on any atom is -0.348 e. The summed E-state index contributed by atoms with van der Waals surface area (Å²) in [6, 6.07) is 20.2. The topological polar surface area (TPSA) is 52.7 Å². The molecule has 1 N–H and O–H groups in total. The largest absolute Gasteiger partial charge is 0.348 e. The number of carbonyl (C=O) groups is 2. The molecule has 33 heavy (non-hydrogen) atoms. The Kier molecular flexibility index (Phi) is 8.16.